The van der Waals surface area contributed by atoms with Crippen molar-refractivity contribution < 1.29 is 0 Å². The number of benzene rings is 1. The van der Waals surface area contributed by atoms with Crippen LogP contribution in [-0.4, -0.2) is 0 Å². The molecule has 1 rings (SSSR count). The molecule has 0 aromatic heterocycles. The molecular formula is C7H5IN2S. The summed E-state index contributed by atoms with van der Waals surface area (Å²) in [4.78, 5) is 0.936. The molecule has 0 amide bonds. The second-order valence-electron chi connectivity index (χ2n) is 1.88. The minimum atomic E-state index is 0.757. The van der Waals surface area contributed by atoms with Crippen molar-refractivity contribution in [3.63, 3.8) is 0 Å². The SMILES string of the molecule is N#CSc1ccc(N)c(I)c1. The van der Waals surface area contributed by atoms with E-state index in [9.17, 15) is 0 Å². The molecule has 0 saturated heterocycles. The van der Waals surface area contributed by atoms with Gasteiger partial charge < -0.3 is 5.73 Å². The van der Waals surface area contributed by atoms with E-state index in [0.717, 1.165) is 25.9 Å². The van der Waals surface area contributed by atoms with E-state index in [1.807, 2.05) is 17.5 Å². The lowest BCUT2D eigenvalue weighted by Crippen LogP contribution is -1.87. The van der Waals surface area contributed by atoms with Crippen molar-refractivity contribution in [2.45, 2.75) is 4.90 Å². The Kier molecular flexibility index (Phi) is 3.02. The lowest BCUT2D eigenvalue weighted by Gasteiger charge is -1.98. The van der Waals surface area contributed by atoms with Crippen LogP contribution in [0.15, 0.2) is 23.1 Å². The van der Waals surface area contributed by atoms with Gasteiger partial charge in [0.15, 0.2) is 0 Å². The Hall–Kier alpha value is -0.410. The molecule has 2 nitrogen and oxygen atoms in total. The molecule has 0 heterocycles. The van der Waals surface area contributed by atoms with E-state index in [1.165, 1.54) is 0 Å². The Balaban J connectivity index is 2.98. The Morgan fingerprint density at radius 2 is 2.27 bits per heavy atom. The van der Waals surface area contributed by atoms with E-state index in [1.54, 1.807) is 6.07 Å². The van der Waals surface area contributed by atoms with Crippen LogP contribution in [0.4, 0.5) is 5.69 Å². The minimum Gasteiger partial charge on any atom is -0.398 e. The maximum atomic E-state index is 8.36. The van der Waals surface area contributed by atoms with Crippen LogP contribution >= 0.6 is 34.4 Å². The Bertz CT molecular complexity index is 306. The maximum absolute atomic E-state index is 8.36. The van der Waals surface area contributed by atoms with Gasteiger partial charge in [-0.3, -0.25) is 0 Å². The van der Waals surface area contributed by atoms with Gasteiger partial charge in [0.1, 0.15) is 5.40 Å². The molecule has 0 radical (unpaired) electrons. The van der Waals surface area contributed by atoms with Crippen LogP contribution in [0.5, 0.6) is 0 Å². The third-order valence-corrected chi connectivity index (χ3v) is 2.65. The van der Waals surface area contributed by atoms with Crippen LogP contribution in [0.2, 0.25) is 0 Å². The standard InChI is InChI=1S/C7H5IN2S/c8-6-3-5(11-4-9)1-2-7(6)10/h1-3H,10H2. The van der Waals surface area contributed by atoms with E-state index < -0.39 is 0 Å². The van der Waals surface area contributed by atoms with Crippen molar-refractivity contribution in [3.05, 3.63) is 21.8 Å². The van der Waals surface area contributed by atoms with E-state index >= 15 is 0 Å². The summed E-state index contributed by atoms with van der Waals surface area (Å²) in [5, 5.41) is 10.4. The fourth-order valence-corrected chi connectivity index (χ4v) is 1.77. The smallest absolute Gasteiger partial charge is 0.138 e. The van der Waals surface area contributed by atoms with Gasteiger partial charge in [-0.15, -0.1) is 0 Å². The van der Waals surface area contributed by atoms with Crippen molar-refractivity contribution in [2.24, 2.45) is 0 Å². The third kappa shape index (κ3) is 2.27. The molecule has 0 aliphatic heterocycles. The number of rotatable bonds is 1. The molecule has 0 spiro atoms. The average Bonchev–Trinajstić information content (AvgIpc) is 1.98. The first-order valence-electron chi connectivity index (χ1n) is 2.85. The third-order valence-electron chi connectivity index (χ3n) is 1.14. The number of halogens is 1. The van der Waals surface area contributed by atoms with Gasteiger partial charge in [-0.2, -0.15) is 5.26 Å². The highest BCUT2D eigenvalue weighted by atomic mass is 127. The fourth-order valence-electron chi connectivity index (χ4n) is 0.624. The second kappa shape index (κ2) is 3.83. The summed E-state index contributed by atoms with van der Waals surface area (Å²) in [6.45, 7) is 0. The zero-order valence-corrected chi connectivity index (χ0v) is 8.52. The maximum Gasteiger partial charge on any atom is 0.138 e. The molecule has 0 atom stereocenters. The molecule has 56 valence electrons. The van der Waals surface area contributed by atoms with Gasteiger partial charge in [0.25, 0.3) is 0 Å². The molecule has 1 aromatic carbocycles. The van der Waals surface area contributed by atoms with Crippen molar-refractivity contribution in [3.8, 4) is 5.40 Å². The van der Waals surface area contributed by atoms with Crippen LogP contribution in [0, 0.1) is 14.2 Å². The molecule has 11 heavy (non-hydrogen) atoms. The molecule has 0 saturated carbocycles. The van der Waals surface area contributed by atoms with Gasteiger partial charge in [0.05, 0.1) is 0 Å². The zero-order chi connectivity index (χ0) is 8.27. The van der Waals surface area contributed by atoms with Crippen LogP contribution < -0.4 is 5.73 Å². The summed E-state index contributed by atoms with van der Waals surface area (Å²) < 4.78 is 0.989. The molecule has 0 aliphatic carbocycles. The van der Waals surface area contributed by atoms with E-state index in [0.29, 0.717) is 0 Å². The normalized spacial score (nSPS) is 9.09. The Morgan fingerprint density at radius 3 is 2.82 bits per heavy atom. The van der Waals surface area contributed by atoms with Crippen molar-refractivity contribution in [1.82, 2.24) is 0 Å². The number of nitriles is 1. The highest BCUT2D eigenvalue weighted by molar-refractivity contribution is 14.1. The predicted octanol–water partition coefficient (Wildman–Crippen LogP) is 2.45. The Labute approximate surface area is 82.9 Å². The molecule has 4 heteroatoms. The summed E-state index contributed by atoms with van der Waals surface area (Å²) >= 11 is 3.29. The van der Waals surface area contributed by atoms with Gasteiger partial charge in [-0.1, -0.05) is 0 Å². The van der Waals surface area contributed by atoms with Gasteiger partial charge in [-0.05, 0) is 52.6 Å². The number of thiocyanates is 1. The lowest BCUT2D eigenvalue weighted by atomic mass is 10.3. The van der Waals surface area contributed by atoms with Gasteiger partial charge in [-0.25, -0.2) is 0 Å². The minimum absolute atomic E-state index is 0.757. The van der Waals surface area contributed by atoms with Crippen LogP contribution in [0.3, 0.4) is 0 Å². The zero-order valence-electron chi connectivity index (χ0n) is 5.54. The second-order valence-corrected chi connectivity index (χ2v) is 3.90. The van der Waals surface area contributed by atoms with Crippen LogP contribution in [-0.2, 0) is 0 Å². The highest BCUT2D eigenvalue weighted by Gasteiger charge is 1.96. The van der Waals surface area contributed by atoms with E-state index in [-0.39, 0.29) is 0 Å². The first-order valence-corrected chi connectivity index (χ1v) is 4.74. The number of nitrogens with zero attached hydrogens (tertiary/aromatic N) is 1. The van der Waals surface area contributed by atoms with Crippen molar-refractivity contribution in [2.75, 3.05) is 5.73 Å². The number of nitrogen functional groups attached to an aromatic ring is 1. The summed E-state index contributed by atoms with van der Waals surface area (Å²) in [6.07, 6.45) is 0. The average molecular weight is 276 g/mol. The predicted molar refractivity (Wildman–Crippen MR) is 55.0 cm³/mol. The molecule has 1 aromatic rings. The Morgan fingerprint density at radius 1 is 1.55 bits per heavy atom. The van der Waals surface area contributed by atoms with Gasteiger partial charge >= 0.3 is 0 Å². The molecule has 0 unspecified atom stereocenters. The molecule has 0 fully saturated rings. The summed E-state index contributed by atoms with van der Waals surface area (Å²) in [5.41, 5.74) is 6.34. The first kappa shape index (κ1) is 8.68. The molecule has 0 aliphatic rings. The van der Waals surface area contributed by atoms with Crippen molar-refractivity contribution >= 4 is 40.0 Å². The van der Waals surface area contributed by atoms with E-state index in [2.05, 4.69) is 22.6 Å². The quantitative estimate of drug-likeness (QED) is 0.371. The van der Waals surface area contributed by atoms with Crippen LogP contribution in [0.25, 0.3) is 0 Å². The number of nitrogens with two attached hydrogens (primary N) is 1. The summed E-state index contributed by atoms with van der Waals surface area (Å²) in [5.74, 6) is 0. The monoisotopic (exact) mass is 276 g/mol. The van der Waals surface area contributed by atoms with Gasteiger partial charge in [0.2, 0.25) is 0 Å². The molecule has 2 N–H and O–H groups in total. The highest BCUT2D eigenvalue weighted by Crippen LogP contribution is 2.22. The van der Waals surface area contributed by atoms with Gasteiger partial charge in [0, 0.05) is 14.2 Å². The number of hydrogen-bond acceptors (Lipinski definition) is 3. The van der Waals surface area contributed by atoms with Crippen LogP contribution in [0.1, 0.15) is 0 Å². The number of anilines is 1. The molecule has 0 bridgehead atoms. The summed E-state index contributed by atoms with van der Waals surface area (Å²) in [7, 11) is 0. The lowest BCUT2D eigenvalue weighted by molar-refractivity contribution is 1.44. The first-order chi connectivity index (χ1) is 5.24. The number of hydrogen-bond donors (Lipinski definition) is 1. The van der Waals surface area contributed by atoms with Crippen molar-refractivity contribution in [1.29, 1.82) is 5.26 Å². The molecular weight excluding hydrogens is 271 g/mol. The topological polar surface area (TPSA) is 49.8 Å². The fraction of sp³-hybridized carbons (Fsp3) is 0. The van der Waals surface area contributed by atoms with E-state index in [4.69, 9.17) is 11.0 Å². The summed E-state index contributed by atoms with van der Waals surface area (Å²) in [6, 6.07) is 5.54. The number of thioether (sulfide) groups is 1. The largest absolute Gasteiger partial charge is 0.398 e.